The van der Waals surface area contributed by atoms with E-state index in [0.29, 0.717) is 6.61 Å². The lowest BCUT2D eigenvalue weighted by Crippen LogP contribution is -2.40. The summed E-state index contributed by atoms with van der Waals surface area (Å²) in [5, 5.41) is 9.83. The highest BCUT2D eigenvalue weighted by molar-refractivity contribution is 5.95. The standard InChI is InChI=1S/C12H22O7/c1-4-18-11(14)10(12(15)19-5-2)9(13)8-17-7-6-16-3/h9-10,13H,4-8H2,1-3H3. The van der Waals surface area contributed by atoms with Gasteiger partial charge in [0.25, 0.3) is 0 Å². The smallest absolute Gasteiger partial charge is 0.323 e. The molecule has 1 N–H and O–H groups in total. The molecule has 0 bridgehead atoms. The van der Waals surface area contributed by atoms with Gasteiger partial charge in [0.1, 0.15) is 6.10 Å². The molecule has 0 saturated carbocycles. The number of ether oxygens (including phenoxy) is 4. The summed E-state index contributed by atoms with van der Waals surface area (Å²) in [5.74, 6) is -3.02. The van der Waals surface area contributed by atoms with Crippen molar-refractivity contribution in [2.75, 3.05) is 40.1 Å². The van der Waals surface area contributed by atoms with Crippen LogP contribution in [0.25, 0.3) is 0 Å². The van der Waals surface area contributed by atoms with Crippen molar-refractivity contribution in [2.45, 2.75) is 20.0 Å². The van der Waals surface area contributed by atoms with E-state index in [1.165, 1.54) is 7.11 Å². The first-order chi connectivity index (χ1) is 9.08. The highest BCUT2D eigenvalue weighted by Gasteiger charge is 2.36. The number of hydrogen-bond acceptors (Lipinski definition) is 7. The van der Waals surface area contributed by atoms with E-state index >= 15 is 0 Å². The Bertz CT molecular complexity index is 249. The predicted molar refractivity (Wildman–Crippen MR) is 65.5 cm³/mol. The quantitative estimate of drug-likeness (QED) is 0.335. The van der Waals surface area contributed by atoms with Gasteiger partial charge in [-0.05, 0) is 13.8 Å². The lowest BCUT2D eigenvalue weighted by Gasteiger charge is -2.19. The molecule has 1 unspecified atom stereocenters. The third kappa shape index (κ3) is 7.09. The van der Waals surface area contributed by atoms with Crippen molar-refractivity contribution in [1.29, 1.82) is 0 Å². The Hall–Kier alpha value is -1.18. The van der Waals surface area contributed by atoms with E-state index in [1.54, 1.807) is 13.8 Å². The Morgan fingerprint density at radius 3 is 2.00 bits per heavy atom. The molecular formula is C12H22O7. The normalized spacial score (nSPS) is 12.3. The van der Waals surface area contributed by atoms with Crippen LogP contribution in [0.1, 0.15) is 13.8 Å². The third-order valence-corrected chi connectivity index (χ3v) is 2.19. The molecule has 0 aliphatic heterocycles. The first-order valence-corrected chi connectivity index (χ1v) is 6.16. The Morgan fingerprint density at radius 1 is 1.05 bits per heavy atom. The SMILES string of the molecule is CCOC(=O)C(C(=O)OCC)C(O)COCCOC. The Morgan fingerprint density at radius 2 is 1.58 bits per heavy atom. The minimum absolute atomic E-state index is 0.117. The second kappa shape index (κ2) is 10.7. The van der Waals surface area contributed by atoms with Crippen LogP contribution in [0.15, 0.2) is 0 Å². The second-order valence-electron chi connectivity index (χ2n) is 3.62. The summed E-state index contributed by atoms with van der Waals surface area (Å²) in [6.07, 6.45) is -1.31. The summed E-state index contributed by atoms with van der Waals surface area (Å²) in [7, 11) is 1.51. The van der Waals surface area contributed by atoms with E-state index in [2.05, 4.69) is 0 Å². The molecule has 0 aliphatic carbocycles. The maximum absolute atomic E-state index is 11.6. The molecule has 0 aromatic carbocycles. The zero-order valence-corrected chi connectivity index (χ0v) is 11.6. The summed E-state index contributed by atoms with van der Waals surface area (Å²) in [5.41, 5.74) is 0. The van der Waals surface area contributed by atoms with Gasteiger partial charge >= 0.3 is 11.9 Å². The van der Waals surface area contributed by atoms with Crippen molar-refractivity contribution in [3.05, 3.63) is 0 Å². The van der Waals surface area contributed by atoms with E-state index in [9.17, 15) is 14.7 Å². The van der Waals surface area contributed by atoms with Gasteiger partial charge in [0, 0.05) is 7.11 Å². The van der Waals surface area contributed by atoms with Gasteiger partial charge in [-0.2, -0.15) is 0 Å². The van der Waals surface area contributed by atoms with Crippen LogP contribution in [0, 0.1) is 5.92 Å². The van der Waals surface area contributed by atoms with Crippen LogP contribution in [0.4, 0.5) is 0 Å². The van der Waals surface area contributed by atoms with Gasteiger partial charge in [-0.3, -0.25) is 9.59 Å². The molecule has 0 amide bonds. The molecule has 7 heteroatoms. The molecule has 0 spiro atoms. The summed E-state index contributed by atoms with van der Waals surface area (Å²) < 4.78 is 19.3. The van der Waals surface area contributed by atoms with E-state index in [0.717, 1.165) is 0 Å². The van der Waals surface area contributed by atoms with Crippen LogP contribution in [-0.2, 0) is 28.5 Å². The highest BCUT2D eigenvalue weighted by Crippen LogP contribution is 2.10. The Balaban J connectivity index is 4.45. The first-order valence-electron chi connectivity index (χ1n) is 6.16. The van der Waals surface area contributed by atoms with Gasteiger partial charge in [-0.1, -0.05) is 0 Å². The number of aliphatic hydroxyl groups is 1. The van der Waals surface area contributed by atoms with Gasteiger partial charge < -0.3 is 24.1 Å². The van der Waals surface area contributed by atoms with Gasteiger partial charge in [0.2, 0.25) is 0 Å². The molecule has 0 aromatic heterocycles. The number of carbonyl (C=O) groups is 2. The van der Waals surface area contributed by atoms with E-state index in [1.807, 2.05) is 0 Å². The van der Waals surface area contributed by atoms with Gasteiger partial charge in [0.15, 0.2) is 5.92 Å². The van der Waals surface area contributed by atoms with Gasteiger partial charge in [-0.15, -0.1) is 0 Å². The number of esters is 2. The fourth-order valence-electron chi connectivity index (χ4n) is 1.32. The number of methoxy groups -OCH3 is 1. The minimum Gasteiger partial charge on any atom is -0.465 e. The van der Waals surface area contributed by atoms with Crippen LogP contribution in [0.2, 0.25) is 0 Å². The molecule has 0 aliphatic rings. The number of rotatable bonds is 10. The van der Waals surface area contributed by atoms with Crippen molar-refractivity contribution >= 4 is 11.9 Å². The average molecular weight is 278 g/mol. The van der Waals surface area contributed by atoms with Crippen molar-refractivity contribution < 1.29 is 33.6 Å². The summed E-state index contributed by atoms with van der Waals surface area (Å²) in [6.45, 7) is 3.90. The minimum atomic E-state index is -1.39. The van der Waals surface area contributed by atoms with Crippen LogP contribution in [0.3, 0.4) is 0 Å². The zero-order valence-electron chi connectivity index (χ0n) is 11.6. The maximum atomic E-state index is 11.6. The summed E-state index contributed by atoms with van der Waals surface area (Å²) in [6, 6.07) is 0. The largest absolute Gasteiger partial charge is 0.465 e. The average Bonchev–Trinajstić information content (AvgIpc) is 2.35. The lowest BCUT2D eigenvalue weighted by atomic mass is 10.0. The van der Waals surface area contributed by atoms with E-state index in [-0.39, 0.29) is 26.4 Å². The molecule has 0 rings (SSSR count). The fraction of sp³-hybridized carbons (Fsp3) is 0.833. The van der Waals surface area contributed by atoms with Gasteiger partial charge in [0.05, 0.1) is 33.0 Å². The summed E-state index contributed by atoms with van der Waals surface area (Å²) in [4.78, 5) is 23.3. The van der Waals surface area contributed by atoms with Crippen molar-refractivity contribution in [2.24, 2.45) is 5.92 Å². The van der Waals surface area contributed by atoms with Crippen molar-refractivity contribution in [3.8, 4) is 0 Å². The first kappa shape index (κ1) is 17.8. The Labute approximate surface area is 112 Å². The third-order valence-electron chi connectivity index (χ3n) is 2.19. The molecule has 0 fully saturated rings. The van der Waals surface area contributed by atoms with Crippen LogP contribution < -0.4 is 0 Å². The molecule has 112 valence electrons. The predicted octanol–water partition coefficient (Wildman–Crippen LogP) is -0.247. The molecule has 0 heterocycles. The highest BCUT2D eigenvalue weighted by atomic mass is 16.6. The number of hydrogen-bond donors (Lipinski definition) is 1. The van der Waals surface area contributed by atoms with Crippen LogP contribution in [-0.4, -0.2) is 63.3 Å². The maximum Gasteiger partial charge on any atom is 0.323 e. The summed E-state index contributed by atoms with van der Waals surface area (Å²) >= 11 is 0. The van der Waals surface area contributed by atoms with E-state index in [4.69, 9.17) is 18.9 Å². The van der Waals surface area contributed by atoms with Crippen LogP contribution in [0.5, 0.6) is 0 Å². The molecular weight excluding hydrogens is 256 g/mol. The molecule has 1 atom stereocenters. The lowest BCUT2D eigenvalue weighted by molar-refractivity contribution is -0.169. The number of carbonyl (C=O) groups excluding carboxylic acids is 2. The monoisotopic (exact) mass is 278 g/mol. The van der Waals surface area contributed by atoms with E-state index < -0.39 is 24.0 Å². The van der Waals surface area contributed by atoms with Crippen LogP contribution >= 0.6 is 0 Å². The molecule has 7 nitrogen and oxygen atoms in total. The topological polar surface area (TPSA) is 91.3 Å². The van der Waals surface area contributed by atoms with Crippen molar-refractivity contribution in [1.82, 2.24) is 0 Å². The van der Waals surface area contributed by atoms with Gasteiger partial charge in [-0.25, -0.2) is 0 Å². The fourth-order valence-corrected chi connectivity index (χ4v) is 1.32. The molecule has 19 heavy (non-hydrogen) atoms. The molecule has 0 aromatic rings. The van der Waals surface area contributed by atoms with Crippen molar-refractivity contribution in [3.63, 3.8) is 0 Å². The Kier molecular flexibility index (Phi) is 10.1. The second-order valence-corrected chi connectivity index (χ2v) is 3.62. The molecule has 0 radical (unpaired) electrons. The number of aliphatic hydroxyl groups excluding tert-OH is 1. The zero-order chi connectivity index (χ0) is 14.7. The molecule has 0 saturated heterocycles.